The highest BCUT2D eigenvalue weighted by molar-refractivity contribution is 5.99. The van der Waals surface area contributed by atoms with Gasteiger partial charge in [-0.05, 0) is 41.2 Å². The van der Waals surface area contributed by atoms with Crippen molar-refractivity contribution in [1.29, 1.82) is 0 Å². The molecule has 1 heterocycles. The lowest BCUT2D eigenvalue weighted by Crippen LogP contribution is -2.17. The third-order valence-electron chi connectivity index (χ3n) is 4.95. The molecular formula is C23H28N2O3. The second kappa shape index (κ2) is 6.74. The number of imidazole rings is 1. The maximum absolute atomic E-state index is 11.8. The van der Waals surface area contributed by atoms with Crippen LogP contribution in [0.4, 0.5) is 0 Å². The van der Waals surface area contributed by atoms with Crippen molar-refractivity contribution in [2.45, 2.75) is 52.4 Å². The molecule has 3 rings (SSSR count). The summed E-state index contributed by atoms with van der Waals surface area (Å²) in [4.78, 5) is 19.7. The van der Waals surface area contributed by atoms with Gasteiger partial charge in [-0.25, -0.2) is 4.98 Å². The number of hydrogen-bond acceptors (Lipinski definition) is 4. The smallest absolute Gasteiger partial charge is 0.188 e. The molecular weight excluding hydrogens is 352 g/mol. The molecule has 3 aromatic rings. The molecule has 0 unspecified atom stereocenters. The number of aliphatic hydroxyl groups excluding tert-OH is 1. The molecule has 3 N–H and O–H groups in total. The lowest BCUT2D eigenvalue weighted by atomic mass is 9.78. The van der Waals surface area contributed by atoms with Crippen molar-refractivity contribution in [2.75, 3.05) is 6.61 Å². The van der Waals surface area contributed by atoms with Gasteiger partial charge in [-0.2, -0.15) is 0 Å². The quantitative estimate of drug-likeness (QED) is 0.575. The van der Waals surface area contributed by atoms with Gasteiger partial charge in [0.15, 0.2) is 5.78 Å². The largest absolute Gasteiger partial charge is 0.507 e. The van der Waals surface area contributed by atoms with Gasteiger partial charge in [0.25, 0.3) is 0 Å². The van der Waals surface area contributed by atoms with Gasteiger partial charge in [0.1, 0.15) is 18.2 Å². The van der Waals surface area contributed by atoms with Crippen molar-refractivity contribution in [3.63, 3.8) is 0 Å². The number of carbonyl (C=O) groups is 1. The summed E-state index contributed by atoms with van der Waals surface area (Å²) in [5.74, 6) is 0.683. The standard InChI is InChI=1S/C23H28N2O3/c1-22(2,3)15-9-14(10-16(20(15)28)23(4,5)6)21-24-17-8-7-13(19(27)12-26)11-18(17)25-21/h7-11,26,28H,12H2,1-6H3,(H,24,25). The zero-order valence-electron chi connectivity index (χ0n) is 17.3. The number of ketones is 1. The number of carbonyl (C=O) groups excluding carboxylic acids is 1. The number of aromatic nitrogens is 2. The van der Waals surface area contributed by atoms with E-state index in [2.05, 4.69) is 51.5 Å². The Kier molecular flexibility index (Phi) is 4.84. The summed E-state index contributed by atoms with van der Waals surface area (Å²) >= 11 is 0. The maximum atomic E-state index is 11.8. The van der Waals surface area contributed by atoms with Crippen molar-refractivity contribution in [3.8, 4) is 17.1 Å². The zero-order chi connectivity index (χ0) is 20.9. The van der Waals surface area contributed by atoms with Crippen LogP contribution in [0.3, 0.4) is 0 Å². The Morgan fingerprint density at radius 2 is 1.57 bits per heavy atom. The highest BCUT2D eigenvalue weighted by Crippen LogP contribution is 2.41. The third kappa shape index (κ3) is 3.67. The Morgan fingerprint density at radius 3 is 2.07 bits per heavy atom. The molecule has 0 radical (unpaired) electrons. The molecule has 0 aliphatic rings. The number of fused-ring (bicyclic) bond motifs is 1. The summed E-state index contributed by atoms with van der Waals surface area (Å²) in [7, 11) is 0. The highest BCUT2D eigenvalue weighted by atomic mass is 16.3. The van der Waals surface area contributed by atoms with Gasteiger partial charge in [0.05, 0.1) is 11.0 Å². The van der Waals surface area contributed by atoms with Crippen molar-refractivity contribution in [3.05, 3.63) is 47.0 Å². The molecule has 1 aromatic heterocycles. The van der Waals surface area contributed by atoms with Gasteiger partial charge in [0.2, 0.25) is 0 Å². The van der Waals surface area contributed by atoms with E-state index in [1.807, 2.05) is 12.1 Å². The van der Waals surface area contributed by atoms with E-state index in [-0.39, 0.29) is 16.6 Å². The van der Waals surface area contributed by atoms with Crippen LogP contribution < -0.4 is 0 Å². The number of aromatic hydroxyl groups is 1. The average Bonchev–Trinajstić information content (AvgIpc) is 3.02. The topological polar surface area (TPSA) is 86.2 Å². The van der Waals surface area contributed by atoms with E-state index in [4.69, 9.17) is 5.11 Å². The Hall–Kier alpha value is -2.66. The van der Waals surface area contributed by atoms with Crippen LogP contribution in [0.5, 0.6) is 5.75 Å². The van der Waals surface area contributed by atoms with Gasteiger partial charge < -0.3 is 15.2 Å². The van der Waals surface area contributed by atoms with Gasteiger partial charge in [-0.15, -0.1) is 0 Å². The molecule has 0 fully saturated rings. The first-order valence-corrected chi connectivity index (χ1v) is 9.44. The second-order valence-electron chi connectivity index (χ2n) is 9.32. The number of hydrogen-bond donors (Lipinski definition) is 3. The number of nitrogens with zero attached hydrogens (tertiary/aromatic N) is 1. The normalized spacial score (nSPS) is 12.5. The predicted molar refractivity (Wildman–Crippen MR) is 112 cm³/mol. The summed E-state index contributed by atoms with van der Waals surface area (Å²) in [6.45, 7) is 11.9. The molecule has 0 aliphatic carbocycles. The minimum atomic E-state index is -0.519. The third-order valence-corrected chi connectivity index (χ3v) is 4.95. The Labute approximate surface area is 165 Å². The molecule has 148 valence electrons. The summed E-state index contributed by atoms with van der Waals surface area (Å²) in [5, 5.41) is 20.0. The van der Waals surface area contributed by atoms with E-state index in [1.165, 1.54) is 0 Å². The van der Waals surface area contributed by atoms with Crippen LogP contribution in [0.25, 0.3) is 22.4 Å². The second-order valence-corrected chi connectivity index (χ2v) is 9.32. The first-order valence-electron chi connectivity index (χ1n) is 9.44. The van der Waals surface area contributed by atoms with E-state index in [9.17, 15) is 9.90 Å². The monoisotopic (exact) mass is 380 g/mol. The number of phenols is 1. The molecule has 0 saturated heterocycles. The van der Waals surface area contributed by atoms with Crippen LogP contribution in [0.1, 0.15) is 63.0 Å². The minimum absolute atomic E-state index is 0.229. The fourth-order valence-corrected chi connectivity index (χ4v) is 3.33. The highest BCUT2D eigenvalue weighted by Gasteiger charge is 2.27. The maximum Gasteiger partial charge on any atom is 0.188 e. The number of phenolic OH excluding ortho intramolecular Hbond substituents is 1. The van der Waals surface area contributed by atoms with Gasteiger partial charge in [-0.3, -0.25) is 4.79 Å². The van der Waals surface area contributed by atoms with Crippen LogP contribution in [-0.4, -0.2) is 32.6 Å². The minimum Gasteiger partial charge on any atom is -0.507 e. The lowest BCUT2D eigenvalue weighted by molar-refractivity contribution is 0.0904. The molecule has 5 nitrogen and oxygen atoms in total. The van der Waals surface area contributed by atoms with E-state index in [1.54, 1.807) is 18.2 Å². The van der Waals surface area contributed by atoms with Crippen molar-refractivity contribution in [1.82, 2.24) is 9.97 Å². The van der Waals surface area contributed by atoms with Gasteiger partial charge in [-0.1, -0.05) is 41.5 Å². The van der Waals surface area contributed by atoms with Crippen LogP contribution in [0, 0.1) is 0 Å². The van der Waals surface area contributed by atoms with Gasteiger partial charge in [0, 0.05) is 22.3 Å². The first-order chi connectivity index (χ1) is 12.9. The van der Waals surface area contributed by atoms with Crippen LogP contribution in [0.15, 0.2) is 30.3 Å². The fraction of sp³-hybridized carbons (Fsp3) is 0.391. The van der Waals surface area contributed by atoms with Crippen molar-refractivity contribution in [2.24, 2.45) is 0 Å². The average molecular weight is 380 g/mol. The molecule has 2 aromatic carbocycles. The Bertz CT molecular complexity index is 1010. The molecule has 28 heavy (non-hydrogen) atoms. The predicted octanol–water partition coefficient (Wildman–Crippen LogP) is 4.71. The van der Waals surface area contributed by atoms with Crippen molar-refractivity contribution >= 4 is 16.8 Å². The Morgan fingerprint density at radius 1 is 1.00 bits per heavy atom. The molecule has 0 amide bonds. The van der Waals surface area contributed by atoms with E-state index >= 15 is 0 Å². The molecule has 0 saturated carbocycles. The lowest BCUT2D eigenvalue weighted by Gasteiger charge is -2.28. The first kappa shape index (κ1) is 20.1. The van der Waals surface area contributed by atoms with Crippen LogP contribution >= 0.6 is 0 Å². The van der Waals surface area contributed by atoms with E-state index in [0.717, 1.165) is 27.7 Å². The number of nitrogens with one attached hydrogen (secondary N) is 1. The molecule has 0 aliphatic heterocycles. The van der Waals surface area contributed by atoms with Crippen molar-refractivity contribution < 1.29 is 15.0 Å². The number of aromatic amines is 1. The van der Waals surface area contributed by atoms with E-state index < -0.39 is 6.61 Å². The number of H-pyrrole nitrogens is 1. The van der Waals surface area contributed by atoms with E-state index in [0.29, 0.717) is 17.1 Å². The summed E-state index contributed by atoms with van der Waals surface area (Å²) < 4.78 is 0. The number of rotatable bonds is 3. The van der Waals surface area contributed by atoms with Crippen LogP contribution in [-0.2, 0) is 10.8 Å². The number of benzene rings is 2. The number of Topliss-reactive ketones (excluding diaryl/α,β-unsaturated/α-hetero) is 1. The SMILES string of the molecule is CC(C)(C)c1cc(-c2nc3ccc(C(=O)CO)cc3[nH]2)cc(C(C)(C)C)c1O. The summed E-state index contributed by atoms with van der Waals surface area (Å²) in [5.41, 5.74) is 4.09. The molecule has 0 atom stereocenters. The molecule has 5 heteroatoms. The fourth-order valence-electron chi connectivity index (χ4n) is 3.33. The Balaban J connectivity index is 2.21. The number of aliphatic hydroxyl groups is 1. The summed E-state index contributed by atoms with van der Waals surface area (Å²) in [6.07, 6.45) is 0. The molecule has 0 spiro atoms. The molecule has 0 bridgehead atoms. The summed E-state index contributed by atoms with van der Waals surface area (Å²) in [6, 6.07) is 9.10. The van der Waals surface area contributed by atoms with Gasteiger partial charge >= 0.3 is 0 Å². The van der Waals surface area contributed by atoms with Crippen LogP contribution in [0.2, 0.25) is 0 Å². The zero-order valence-corrected chi connectivity index (χ0v) is 17.3.